The Morgan fingerprint density at radius 3 is 2.21 bits per heavy atom. The summed E-state index contributed by atoms with van der Waals surface area (Å²) in [5.41, 5.74) is -0.547. The van der Waals surface area contributed by atoms with E-state index in [9.17, 15) is 13.2 Å². The van der Waals surface area contributed by atoms with Crippen LogP contribution in [-0.2, 0) is 0 Å². The molecule has 0 spiro atoms. The van der Waals surface area contributed by atoms with Gasteiger partial charge in [0.2, 0.25) is 0 Å². The van der Waals surface area contributed by atoms with Crippen molar-refractivity contribution in [2.75, 3.05) is 5.88 Å². The third-order valence-corrected chi connectivity index (χ3v) is 1.83. The van der Waals surface area contributed by atoms with Gasteiger partial charge in [-0.15, -0.1) is 11.6 Å². The fourth-order valence-electron chi connectivity index (χ4n) is 1.09. The van der Waals surface area contributed by atoms with Crippen LogP contribution in [0, 0.1) is 0 Å². The molecule has 0 bridgehead atoms. The van der Waals surface area contributed by atoms with Crippen molar-refractivity contribution < 1.29 is 13.2 Å². The van der Waals surface area contributed by atoms with Gasteiger partial charge in [0.05, 0.1) is 5.57 Å². The SMILES string of the molecule is FC(F)(F)/C(=C\CCl)c1ccccc1. The van der Waals surface area contributed by atoms with Gasteiger partial charge in [-0.25, -0.2) is 0 Å². The van der Waals surface area contributed by atoms with Crippen LogP contribution in [0.5, 0.6) is 0 Å². The van der Waals surface area contributed by atoms with Gasteiger partial charge in [0.15, 0.2) is 0 Å². The quantitative estimate of drug-likeness (QED) is 0.664. The molecule has 0 amide bonds. The lowest BCUT2D eigenvalue weighted by molar-refractivity contribution is -0.0689. The van der Waals surface area contributed by atoms with Crippen LogP contribution >= 0.6 is 11.6 Å². The molecule has 1 rings (SSSR count). The first-order valence-electron chi connectivity index (χ1n) is 3.94. The molecule has 0 heterocycles. The Hall–Kier alpha value is -0.960. The molecule has 0 unspecified atom stereocenters. The first kappa shape index (κ1) is 11.1. The van der Waals surface area contributed by atoms with Crippen LogP contribution in [0.1, 0.15) is 5.56 Å². The number of alkyl halides is 4. The topological polar surface area (TPSA) is 0 Å². The molecule has 0 aliphatic carbocycles. The molecule has 0 radical (unpaired) electrons. The van der Waals surface area contributed by atoms with Crippen LogP contribution < -0.4 is 0 Å². The van der Waals surface area contributed by atoms with Crippen molar-refractivity contribution in [2.45, 2.75) is 6.18 Å². The minimum atomic E-state index is -4.35. The van der Waals surface area contributed by atoms with Gasteiger partial charge >= 0.3 is 6.18 Å². The predicted octanol–water partition coefficient (Wildman–Crippen LogP) is 3.87. The molecule has 0 fully saturated rings. The number of allylic oxidation sites excluding steroid dienone is 2. The summed E-state index contributed by atoms with van der Waals surface area (Å²) in [4.78, 5) is 0. The van der Waals surface area contributed by atoms with Crippen molar-refractivity contribution in [1.29, 1.82) is 0 Å². The van der Waals surface area contributed by atoms with E-state index in [2.05, 4.69) is 0 Å². The van der Waals surface area contributed by atoms with E-state index in [0.29, 0.717) is 0 Å². The Morgan fingerprint density at radius 1 is 1.21 bits per heavy atom. The molecular formula is C10H8ClF3. The molecule has 14 heavy (non-hydrogen) atoms. The zero-order chi connectivity index (χ0) is 10.6. The number of halogens is 4. The number of hydrogen-bond acceptors (Lipinski definition) is 0. The molecule has 76 valence electrons. The Labute approximate surface area is 85.0 Å². The second-order valence-corrected chi connectivity index (χ2v) is 2.94. The van der Waals surface area contributed by atoms with Gasteiger partial charge in [0, 0.05) is 5.88 Å². The monoisotopic (exact) mass is 220 g/mol. The van der Waals surface area contributed by atoms with Gasteiger partial charge in [-0.05, 0) is 5.56 Å². The average Bonchev–Trinajstić information content (AvgIpc) is 2.14. The Kier molecular flexibility index (Phi) is 3.58. The number of hydrogen-bond donors (Lipinski definition) is 0. The summed E-state index contributed by atoms with van der Waals surface area (Å²) in [5.74, 6) is -0.149. The molecule has 0 aliphatic rings. The molecule has 0 atom stereocenters. The van der Waals surface area contributed by atoms with Gasteiger partial charge in [0.25, 0.3) is 0 Å². The van der Waals surface area contributed by atoms with Crippen LogP contribution in [0.25, 0.3) is 5.57 Å². The fraction of sp³-hybridized carbons (Fsp3) is 0.200. The van der Waals surface area contributed by atoms with Crippen molar-refractivity contribution in [2.24, 2.45) is 0 Å². The van der Waals surface area contributed by atoms with Crippen molar-refractivity contribution in [3.05, 3.63) is 42.0 Å². The van der Waals surface area contributed by atoms with E-state index in [-0.39, 0.29) is 11.4 Å². The molecule has 1 aromatic rings. The summed E-state index contributed by atoms with van der Waals surface area (Å²) >= 11 is 5.28. The zero-order valence-electron chi connectivity index (χ0n) is 7.18. The Morgan fingerprint density at radius 2 is 1.79 bits per heavy atom. The van der Waals surface area contributed by atoms with Crippen LogP contribution in [0.2, 0.25) is 0 Å². The molecule has 4 heteroatoms. The second kappa shape index (κ2) is 4.51. The molecule has 0 nitrogen and oxygen atoms in total. The van der Waals surface area contributed by atoms with E-state index >= 15 is 0 Å². The summed E-state index contributed by atoms with van der Waals surface area (Å²) in [7, 11) is 0. The minimum absolute atomic E-state index is 0.139. The number of benzene rings is 1. The van der Waals surface area contributed by atoms with E-state index < -0.39 is 11.7 Å². The van der Waals surface area contributed by atoms with Gasteiger partial charge in [-0.3, -0.25) is 0 Å². The molecule has 0 N–H and O–H groups in total. The number of rotatable bonds is 2. The summed E-state index contributed by atoms with van der Waals surface area (Å²) in [6.07, 6.45) is -3.38. The molecule has 0 saturated heterocycles. The van der Waals surface area contributed by atoms with Gasteiger partial charge in [-0.1, -0.05) is 36.4 Å². The van der Waals surface area contributed by atoms with Crippen molar-refractivity contribution in [3.63, 3.8) is 0 Å². The zero-order valence-corrected chi connectivity index (χ0v) is 7.94. The normalized spacial score (nSPS) is 13.0. The average molecular weight is 221 g/mol. The molecule has 1 aromatic carbocycles. The lowest BCUT2D eigenvalue weighted by Crippen LogP contribution is -2.10. The molecular weight excluding hydrogens is 213 g/mol. The Bertz CT molecular complexity index is 314. The highest BCUT2D eigenvalue weighted by atomic mass is 35.5. The van der Waals surface area contributed by atoms with Crippen molar-refractivity contribution >= 4 is 17.2 Å². The van der Waals surface area contributed by atoms with Crippen LogP contribution in [0.15, 0.2) is 36.4 Å². The first-order valence-corrected chi connectivity index (χ1v) is 4.48. The predicted molar refractivity (Wildman–Crippen MR) is 51.2 cm³/mol. The summed E-state index contributed by atoms with van der Waals surface area (Å²) in [6, 6.07) is 7.60. The highest BCUT2D eigenvalue weighted by molar-refractivity contribution is 6.19. The van der Waals surface area contributed by atoms with E-state index in [0.717, 1.165) is 6.08 Å². The van der Waals surface area contributed by atoms with Crippen LogP contribution in [0.4, 0.5) is 13.2 Å². The van der Waals surface area contributed by atoms with Gasteiger partial charge in [-0.2, -0.15) is 13.2 Å². The van der Waals surface area contributed by atoms with Gasteiger partial charge < -0.3 is 0 Å². The molecule has 0 saturated carbocycles. The standard InChI is InChI=1S/C10H8ClF3/c11-7-6-9(10(12,13)14)8-4-2-1-3-5-8/h1-6H,7H2/b9-6-. The molecule has 0 aromatic heterocycles. The summed E-state index contributed by atoms with van der Waals surface area (Å²) < 4.78 is 37.4. The maximum atomic E-state index is 12.5. The third kappa shape index (κ3) is 2.77. The summed E-state index contributed by atoms with van der Waals surface area (Å²) in [6.45, 7) is 0. The second-order valence-electron chi connectivity index (χ2n) is 2.64. The fourth-order valence-corrected chi connectivity index (χ4v) is 1.25. The summed E-state index contributed by atoms with van der Waals surface area (Å²) in [5, 5.41) is 0. The highest BCUT2D eigenvalue weighted by Gasteiger charge is 2.33. The van der Waals surface area contributed by atoms with Crippen molar-refractivity contribution in [3.8, 4) is 0 Å². The van der Waals surface area contributed by atoms with Gasteiger partial charge in [0.1, 0.15) is 0 Å². The lowest BCUT2D eigenvalue weighted by Gasteiger charge is -2.11. The highest BCUT2D eigenvalue weighted by Crippen LogP contribution is 2.33. The third-order valence-electron chi connectivity index (χ3n) is 1.67. The maximum absolute atomic E-state index is 12.5. The van der Waals surface area contributed by atoms with Crippen molar-refractivity contribution in [1.82, 2.24) is 0 Å². The van der Waals surface area contributed by atoms with E-state index in [1.54, 1.807) is 18.2 Å². The largest absolute Gasteiger partial charge is 0.416 e. The van der Waals surface area contributed by atoms with Crippen LogP contribution in [-0.4, -0.2) is 12.1 Å². The van der Waals surface area contributed by atoms with Crippen LogP contribution in [0.3, 0.4) is 0 Å². The maximum Gasteiger partial charge on any atom is 0.416 e. The molecule has 0 aliphatic heterocycles. The van der Waals surface area contributed by atoms with E-state index in [1.165, 1.54) is 12.1 Å². The minimum Gasteiger partial charge on any atom is -0.166 e. The Balaban J connectivity index is 3.09. The van der Waals surface area contributed by atoms with E-state index in [1.807, 2.05) is 0 Å². The lowest BCUT2D eigenvalue weighted by atomic mass is 10.1. The first-order chi connectivity index (χ1) is 6.55. The van der Waals surface area contributed by atoms with E-state index in [4.69, 9.17) is 11.6 Å². The smallest absolute Gasteiger partial charge is 0.166 e.